The van der Waals surface area contributed by atoms with Gasteiger partial charge < -0.3 is 19.5 Å². The molecular formula is C26H34N4O3. The van der Waals surface area contributed by atoms with E-state index < -0.39 is 0 Å². The lowest BCUT2D eigenvalue weighted by Crippen LogP contribution is -2.51. The highest BCUT2D eigenvalue weighted by Gasteiger charge is 2.34. The van der Waals surface area contributed by atoms with Crippen molar-refractivity contribution in [2.45, 2.75) is 57.2 Å². The van der Waals surface area contributed by atoms with E-state index in [2.05, 4.69) is 34.0 Å². The summed E-state index contributed by atoms with van der Waals surface area (Å²) in [5.74, 6) is 0.514. The van der Waals surface area contributed by atoms with Crippen molar-refractivity contribution < 1.29 is 14.3 Å². The lowest BCUT2D eigenvalue weighted by Gasteiger charge is -2.39. The molecule has 0 unspecified atom stereocenters. The molecule has 2 saturated heterocycles. The molecule has 6 rings (SSSR count). The van der Waals surface area contributed by atoms with Gasteiger partial charge in [-0.3, -0.25) is 14.5 Å². The molecule has 1 N–H and O–H groups in total. The number of aromatic nitrogens is 1. The Kier molecular flexibility index (Phi) is 5.41. The van der Waals surface area contributed by atoms with Crippen LogP contribution in [0, 0.1) is 5.92 Å². The van der Waals surface area contributed by atoms with Gasteiger partial charge in [-0.2, -0.15) is 0 Å². The SMILES string of the molecule is Cn1c2c(c3cc(C(=O)N4CC(CC(=O)NC5CC5)C4)ccc31)CN(C1CCOCC1)CC2. The third kappa shape index (κ3) is 4.06. The first kappa shape index (κ1) is 21.2. The summed E-state index contributed by atoms with van der Waals surface area (Å²) in [5.41, 5.74) is 4.77. The van der Waals surface area contributed by atoms with Crippen LogP contribution in [0.1, 0.15) is 53.7 Å². The number of benzene rings is 1. The molecule has 0 spiro atoms. The molecule has 3 fully saturated rings. The fourth-order valence-corrected chi connectivity index (χ4v) is 5.92. The maximum atomic E-state index is 13.2. The number of amides is 2. The van der Waals surface area contributed by atoms with Crippen molar-refractivity contribution in [1.82, 2.24) is 19.7 Å². The Hall–Kier alpha value is -2.38. The summed E-state index contributed by atoms with van der Waals surface area (Å²) < 4.78 is 7.89. The van der Waals surface area contributed by atoms with Crippen LogP contribution < -0.4 is 5.32 Å². The molecule has 4 heterocycles. The summed E-state index contributed by atoms with van der Waals surface area (Å²) in [6, 6.07) is 7.19. The zero-order valence-corrected chi connectivity index (χ0v) is 19.5. The Morgan fingerprint density at radius 3 is 2.67 bits per heavy atom. The molecule has 33 heavy (non-hydrogen) atoms. The number of likely N-dealkylation sites (tertiary alicyclic amines) is 1. The van der Waals surface area contributed by atoms with Crippen LogP contribution in [0.25, 0.3) is 10.9 Å². The first-order chi connectivity index (χ1) is 16.1. The fourth-order valence-electron chi connectivity index (χ4n) is 5.92. The topological polar surface area (TPSA) is 66.8 Å². The van der Waals surface area contributed by atoms with E-state index in [1.807, 2.05) is 11.0 Å². The minimum Gasteiger partial charge on any atom is -0.381 e. The molecule has 4 aliphatic rings. The van der Waals surface area contributed by atoms with E-state index >= 15 is 0 Å². The summed E-state index contributed by atoms with van der Waals surface area (Å²) in [5, 5.41) is 4.27. The minimum atomic E-state index is 0.0884. The van der Waals surface area contributed by atoms with Gasteiger partial charge in [0.2, 0.25) is 5.91 Å². The van der Waals surface area contributed by atoms with Crippen LogP contribution in [0.5, 0.6) is 0 Å². The Morgan fingerprint density at radius 1 is 1.12 bits per heavy atom. The number of ether oxygens (including phenoxy) is 1. The predicted octanol–water partition coefficient (Wildman–Crippen LogP) is 2.46. The third-order valence-electron chi connectivity index (χ3n) is 8.05. The average Bonchev–Trinajstić information content (AvgIpc) is 3.59. The molecule has 2 amide bonds. The molecule has 1 aromatic heterocycles. The van der Waals surface area contributed by atoms with Gasteiger partial charge in [-0.15, -0.1) is 0 Å². The summed E-state index contributed by atoms with van der Waals surface area (Å²) in [6.07, 6.45) is 6.03. The van der Waals surface area contributed by atoms with E-state index in [0.29, 0.717) is 31.6 Å². The van der Waals surface area contributed by atoms with Crippen molar-refractivity contribution >= 4 is 22.7 Å². The molecule has 0 atom stereocenters. The van der Waals surface area contributed by atoms with Gasteiger partial charge in [0.05, 0.1) is 0 Å². The van der Waals surface area contributed by atoms with Gasteiger partial charge in [-0.05, 0) is 49.4 Å². The van der Waals surface area contributed by atoms with Crippen LogP contribution in [0.15, 0.2) is 18.2 Å². The number of carbonyl (C=O) groups excluding carboxylic acids is 2. The molecule has 0 bridgehead atoms. The number of fused-ring (bicyclic) bond motifs is 3. The first-order valence-corrected chi connectivity index (χ1v) is 12.6. The zero-order chi connectivity index (χ0) is 22.5. The largest absolute Gasteiger partial charge is 0.381 e. The Morgan fingerprint density at radius 2 is 1.91 bits per heavy atom. The molecular weight excluding hydrogens is 416 g/mol. The average molecular weight is 451 g/mol. The number of nitrogens with zero attached hydrogens (tertiary/aromatic N) is 3. The minimum absolute atomic E-state index is 0.0884. The molecule has 2 aromatic rings. The number of aryl methyl sites for hydroxylation is 1. The van der Waals surface area contributed by atoms with E-state index in [0.717, 1.165) is 64.0 Å². The van der Waals surface area contributed by atoms with Crippen LogP contribution in [0.2, 0.25) is 0 Å². The van der Waals surface area contributed by atoms with Gasteiger partial charge >= 0.3 is 0 Å². The van der Waals surface area contributed by atoms with Crippen molar-refractivity contribution in [3.8, 4) is 0 Å². The van der Waals surface area contributed by atoms with Gasteiger partial charge in [0.1, 0.15) is 0 Å². The number of rotatable bonds is 5. The van der Waals surface area contributed by atoms with Crippen molar-refractivity contribution in [1.29, 1.82) is 0 Å². The van der Waals surface area contributed by atoms with Gasteiger partial charge in [-0.1, -0.05) is 0 Å². The molecule has 3 aliphatic heterocycles. The third-order valence-corrected chi connectivity index (χ3v) is 8.05. The number of hydrogen-bond donors (Lipinski definition) is 1. The summed E-state index contributed by atoms with van der Waals surface area (Å²) in [4.78, 5) is 29.7. The van der Waals surface area contributed by atoms with E-state index in [9.17, 15) is 9.59 Å². The molecule has 1 saturated carbocycles. The molecule has 1 aromatic carbocycles. The summed E-state index contributed by atoms with van der Waals surface area (Å²) in [6.45, 7) is 5.13. The van der Waals surface area contributed by atoms with Crippen molar-refractivity contribution in [2.24, 2.45) is 13.0 Å². The molecule has 176 valence electrons. The summed E-state index contributed by atoms with van der Waals surface area (Å²) in [7, 11) is 2.15. The first-order valence-electron chi connectivity index (χ1n) is 12.6. The lowest BCUT2D eigenvalue weighted by atomic mass is 9.94. The maximum absolute atomic E-state index is 13.2. The van der Waals surface area contributed by atoms with Crippen LogP contribution in [-0.2, 0) is 29.5 Å². The summed E-state index contributed by atoms with van der Waals surface area (Å²) >= 11 is 0. The van der Waals surface area contributed by atoms with Gasteiger partial charge in [0.25, 0.3) is 5.91 Å². The normalized spacial score (nSPS) is 22.3. The van der Waals surface area contributed by atoms with E-state index in [1.54, 1.807) is 0 Å². The number of hydrogen-bond acceptors (Lipinski definition) is 4. The molecule has 0 radical (unpaired) electrons. The standard InChI is InChI=1S/C26H34N4O3/c1-28-23-5-2-18(26(32)30-14-17(15-30)12-25(31)27-19-3-4-19)13-21(23)22-16-29(9-6-24(22)28)20-7-10-33-11-8-20/h2,5,13,17,19-20H,3-4,6-12,14-16H2,1H3,(H,27,31). The van der Waals surface area contributed by atoms with E-state index in [-0.39, 0.29) is 17.7 Å². The van der Waals surface area contributed by atoms with E-state index in [4.69, 9.17) is 4.74 Å². The van der Waals surface area contributed by atoms with Gasteiger partial charge in [0, 0.05) is 99.4 Å². The fraction of sp³-hybridized carbons (Fsp3) is 0.615. The second kappa shape index (κ2) is 8.44. The van der Waals surface area contributed by atoms with Crippen LogP contribution in [0.4, 0.5) is 0 Å². The Bertz CT molecular complexity index is 1080. The number of nitrogens with one attached hydrogen (secondary N) is 1. The van der Waals surface area contributed by atoms with Crippen LogP contribution >= 0.6 is 0 Å². The predicted molar refractivity (Wildman–Crippen MR) is 126 cm³/mol. The number of carbonyl (C=O) groups is 2. The highest BCUT2D eigenvalue weighted by molar-refractivity contribution is 5.99. The quantitative estimate of drug-likeness (QED) is 0.760. The highest BCUT2D eigenvalue weighted by Crippen LogP contribution is 2.33. The lowest BCUT2D eigenvalue weighted by molar-refractivity contribution is -0.123. The Balaban J connectivity index is 1.16. The second-order valence-corrected chi connectivity index (χ2v) is 10.4. The van der Waals surface area contributed by atoms with Crippen LogP contribution in [-0.4, -0.2) is 71.1 Å². The van der Waals surface area contributed by atoms with E-state index in [1.165, 1.54) is 22.2 Å². The molecule has 1 aliphatic carbocycles. The molecule has 7 nitrogen and oxygen atoms in total. The zero-order valence-electron chi connectivity index (χ0n) is 19.5. The van der Waals surface area contributed by atoms with Gasteiger partial charge in [-0.25, -0.2) is 0 Å². The Labute approximate surface area is 195 Å². The highest BCUT2D eigenvalue weighted by atomic mass is 16.5. The van der Waals surface area contributed by atoms with Crippen LogP contribution in [0.3, 0.4) is 0 Å². The van der Waals surface area contributed by atoms with Crippen molar-refractivity contribution in [3.63, 3.8) is 0 Å². The maximum Gasteiger partial charge on any atom is 0.253 e. The van der Waals surface area contributed by atoms with Gasteiger partial charge in [0.15, 0.2) is 0 Å². The second-order valence-electron chi connectivity index (χ2n) is 10.4. The van der Waals surface area contributed by atoms with Crippen molar-refractivity contribution in [3.05, 3.63) is 35.0 Å². The van der Waals surface area contributed by atoms with Crippen molar-refractivity contribution in [2.75, 3.05) is 32.8 Å². The smallest absolute Gasteiger partial charge is 0.253 e. The molecule has 7 heteroatoms. The monoisotopic (exact) mass is 450 g/mol.